The van der Waals surface area contributed by atoms with Crippen LogP contribution in [0.2, 0.25) is 0 Å². The molecule has 10 atom stereocenters. The van der Waals surface area contributed by atoms with Crippen LogP contribution in [0.25, 0.3) is 0 Å². The fourth-order valence-electron chi connectivity index (χ4n) is 2.69. The summed E-state index contributed by atoms with van der Waals surface area (Å²) in [5.41, 5.74) is 0. The first kappa shape index (κ1) is 18.9. The SMILES string of the molecule is CO[C@@H]1OC(C)[C@H](O)[C@H](O[C@H]2O[C@@H](CO)[C@@H](O)C(O)C2O)C1O. The average Bonchev–Trinajstić information content (AvgIpc) is 2.54. The third kappa shape index (κ3) is 3.66. The number of methoxy groups -OCH3 is 1. The number of aliphatic hydroxyl groups is 6. The van der Waals surface area contributed by atoms with Crippen molar-refractivity contribution in [1.82, 2.24) is 0 Å². The molecule has 0 aromatic rings. The Morgan fingerprint density at radius 1 is 0.826 bits per heavy atom. The first-order valence-electron chi connectivity index (χ1n) is 7.32. The van der Waals surface area contributed by atoms with Crippen molar-refractivity contribution >= 4 is 0 Å². The van der Waals surface area contributed by atoms with Crippen molar-refractivity contribution in [2.45, 2.75) is 68.3 Å². The lowest BCUT2D eigenvalue weighted by molar-refractivity contribution is -0.355. The van der Waals surface area contributed by atoms with Gasteiger partial charge in [0, 0.05) is 7.11 Å². The molecule has 10 heteroatoms. The molecule has 2 rings (SSSR count). The highest BCUT2D eigenvalue weighted by Gasteiger charge is 2.49. The van der Waals surface area contributed by atoms with E-state index in [9.17, 15) is 25.5 Å². The zero-order chi connectivity index (χ0) is 17.3. The molecule has 2 saturated heterocycles. The molecule has 10 nitrogen and oxygen atoms in total. The van der Waals surface area contributed by atoms with Crippen molar-refractivity contribution in [3.05, 3.63) is 0 Å². The highest BCUT2D eigenvalue weighted by Crippen LogP contribution is 2.29. The van der Waals surface area contributed by atoms with E-state index < -0.39 is 68.0 Å². The molecule has 0 aromatic heterocycles. The van der Waals surface area contributed by atoms with E-state index in [1.165, 1.54) is 7.11 Å². The van der Waals surface area contributed by atoms with Crippen molar-refractivity contribution in [2.75, 3.05) is 13.7 Å². The van der Waals surface area contributed by atoms with Crippen LogP contribution < -0.4 is 0 Å². The monoisotopic (exact) mass is 340 g/mol. The Hall–Kier alpha value is -0.400. The second-order valence-corrected chi connectivity index (χ2v) is 5.72. The molecule has 0 bridgehead atoms. The van der Waals surface area contributed by atoms with Crippen molar-refractivity contribution in [1.29, 1.82) is 0 Å². The topological polar surface area (TPSA) is 158 Å². The lowest BCUT2D eigenvalue weighted by Crippen LogP contribution is -2.64. The van der Waals surface area contributed by atoms with Crippen LogP contribution in [0.4, 0.5) is 0 Å². The van der Waals surface area contributed by atoms with Crippen LogP contribution in [0.1, 0.15) is 6.92 Å². The van der Waals surface area contributed by atoms with Crippen molar-refractivity contribution < 1.29 is 49.6 Å². The van der Waals surface area contributed by atoms with E-state index in [0.717, 1.165) is 0 Å². The summed E-state index contributed by atoms with van der Waals surface area (Å²) < 4.78 is 20.8. The third-order valence-corrected chi connectivity index (χ3v) is 4.15. The van der Waals surface area contributed by atoms with Gasteiger partial charge in [0.25, 0.3) is 0 Å². The summed E-state index contributed by atoms with van der Waals surface area (Å²) in [4.78, 5) is 0. The van der Waals surface area contributed by atoms with Crippen molar-refractivity contribution in [3.63, 3.8) is 0 Å². The molecule has 2 aliphatic rings. The quantitative estimate of drug-likeness (QED) is 0.300. The zero-order valence-electron chi connectivity index (χ0n) is 12.8. The molecule has 136 valence electrons. The van der Waals surface area contributed by atoms with Gasteiger partial charge >= 0.3 is 0 Å². The highest BCUT2D eigenvalue weighted by atomic mass is 16.7. The second-order valence-electron chi connectivity index (χ2n) is 5.72. The van der Waals surface area contributed by atoms with E-state index in [4.69, 9.17) is 24.1 Å². The molecule has 23 heavy (non-hydrogen) atoms. The van der Waals surface area contributed by atoms with Gasteiger partial charge in [-0.2, -0.15) is 0 Å². The van der Waals surface area contributed by atoms with Gasteiger partial charge in [0.2, 0.25) is 0 Å². The molecular weight excluding hydrogens is 316 g/mol. The van der Waals surface area contributed by atoms with Gasteiger partial charge in [0.1, 0.15) is 42.7 Å². The summed E-state index contributed by atoms with van der Waals surface area (Å²) in [6.45, 7) is 0.938. The summed E-state index contributed by atoms with van der Waals surface area (Å²) in [6.07, 6.45) is -13.0. The Morgan fingerprint density at radius 2 is 1.48 bits per heavy atom. The van der Waals surface area contributed by atoms with E-state index in [2.05, 4.69) is 0 Å². The standard InChI is InChI=1S/C13H24O10/c1-4-6(15)11(10(19)12(20-2)21-4)23-13-9(18)8(17)7(16)5(3-14)22-13/h4-19H,3H2,1-2H3/t4?,5-,6-,7+,8?,9?,10?,11-,12+,13+/m0/s1. The van der Waals surface area contributed by atoms with Crippen LogP contribution in [0, 0.1) is 0 Å². The third-order valence-electron chi connectivity index (χ3n) is 4.15. The van der Waals surface area contributed by atoms with Gasteiger partial charge < -0.3 is 49.6 Å². The molecule has 6 N–H and O–H groups in total. The van der Waals surface area contributed by atoms with Gasteiger partial charge in [-0.15, -0.1) is 0 Å². The number of rotatable bonds is 4. The molecule has 2 fully saturated rings. The number of aliphatic hydroxyl groups excluding tert-OH is 6. The second kappa shape index (κ2) is 7.66. The lowest BCUT2D eigenvalue weighted by atomic mass is 9.97. The molecule has 2 aliphatic heterocycles. The molecule has 0 radical (unpaired) electrons. The molecule has 0 saturated carbocycles. The predicted octanol–water partition coefficient (Wildman–Crippen LogP) is -3.72. The molecule has 4 unspecified atom stereocenters. The Bertz CT molecular complexity index is 380. The normalized spacial score (nSPS) is 51.7. The Kier molecular flexibility index (Phi) is 6.30. The van der Waals surface area contributed by atoms with E-state index in [1.807, 2.05) is 0 Å². The minimum absolute atomic E-state index is 0.610. The maximum atomic E-state index is 10.1. The summed E-state index contributed by atoms with van der Waals surface area (Å²) in [6, 6.07) is 0. The van der Waals surface area contributed by atoms with E-state index in [1.54, 1.807) is 6.92 Å². The molecule has 0 aromatic carbocycles. The first-order chi connectivity index (χ1) is 10.8. The van der Waals surface area contributed by atoms with Crippen LogP contribution >= 0.6 is 0 Å². The van der Waals surface area contributed by atoms with Crippen LogP contribution in [-0.2, 0) is 18.9 Å². The van der Waals surface area contributed by atoms with Crippen LogP contribution in [0.5, 0.6) is 0 Å². The number of ether oxygens (including phenoxy) is 4. The average molecular weight is 340 g/mol. The largest absolute Gasteiger partial charge is 0.394 e. The molecular formula is C13H24O10. The smallest absolute Gasteiger partial charge is 0.187 e. The maximum Gasteiger partial charge on any atom is 0.187 e. The van der Waals surface area contributed by atoms with Crippen molar-refractivity contribution in [2.24, 2.45) is 0 Å². The summed E-state index contributed by atoms with van der Waals surface area (Å²) >= 11 is 0. The Morgan fingerprint density at radius 3 is 2.04 bits per heavy atom. The van der Waals surface area contributed by atoms with Gasteiger partial charge in [-0.3, -0.25) is 0 Å². The number of hydrogen-bond acceptors (Lipinski definition) is 10. The minimum Gasteiger partial charge on any atom is -0.394 e. The predicted molar refractivity (Wildman–Crippen MR) is 72.0 cm³/mol. The van der Waals surface area contributed by atoms with Crippen LogP contribution in [-0.4, -0.2) is 106 Å². The molecule has 0 amide bonds. The Labute approximate surface area is 132 Å². The first-order valence-corrected chi connectivity index (χ1v) is 7.32. The molecule has 0 aliphatic carbocycles. The number of hydrogen-bond donors (Lipinski definition) is 6. The lowest BCUT2D eigenvalue weighted by Gasteiger charge is -2.45. The fourth-order valence-corrected chi connectivity index (χ4v) is 2.69. The zero-order valence-corrected chi connectivity index (χ0v) is 12.8. The highest BCUT2D eigenvalue weighted by molar-refractivity contribution is 4.93. The van der Waals surface area contributed by atoms with Gasteiger partial charge in [-0.25, -0.2) is 0 Å². The van der Waals surface area contributed by atoms with Crippen LogP contribution in [0.15, 0.2) is 0 Å². The van der Waals surface area contributed by atoms with Gasteiger partial charge in [-0.1, -0.05) is 0 Å². The minimum atomic E-state index is -1.63. The van der Waals surface area contributed by atoms with E-state index in [-0.39, 0.29) is 0 Å². The summed E-state index contributed by atoms with van der Waals surface area (Å²) in [7, 11) is 1.31. The van der Waals surface area contributed by atoms with E-state index >= 15 is 0 Å². The fraction of sp³-hybridized carbons (Fsp3) is 1.00. The van der Waals surface area contributed by atoms with Gasteiger partial charge in [-0.05, 0) is 6.92 Å². The molecule has 0 spiro atoms. The molecule has 2 heterocycles. The van der Waals surface area contributed by atoms with Gasteiger partial charge in [0.15, 0.2) is 12.6 Å². The van der Waals surface area contributed by atoms with Crippen LogP contribution in [0.3, 0.4) is 0 Å². The maximum absolute atomic E-state index is 10.1. The van der Waals surface area contributed by atoms with Crippen molar-refractivity contribution in [3.8, 4) is 0 Å². The van der Waals surface area contributed by atoms with Gasteiger partial charge in [0.05, 0.1) is 12.7 Å². The summed E-state index contributed by atoms with van der Waals surface area (Å²) in [5.74, 6) is 0. The Balaban J connectivity index is 2.11. The van der Waals surface area contributed by atoms with E-state index in [0.29, 0.717) is 0 Å². The summed E-state index contributed by atoms with van der Waals surface area (Å²) in [5, 5.41) is 58.8.